The Morgan fingerprint density at radius 1 is 1.36 bits per heavy atom. The van der Waals surface area contributed by atoms with Crippen molar-refractivity contribution in [2.75, 3.05) is 20.2 Å². The minimum Gasteiger partial charge on any atom is -0.469 e. The lowest BCUT2D eigenvalue weighted by Gasteiger charge is -2.18. The predicted octanol–water partition coefficient (Wildman–Crippen LogP) is 2.25. The lowest BCUT2D eigenvalue weighted by atomic mass is 10.3. The smallest absolute Gasteiger partial charge is 0.307 e. The molecule has 0 N–H and O–H groups in total. The molecule has 0 atom stereocenters. The van der Waals surface area contributed by atoms with E-state index in [1.807, 2.05) is 31.2 Å². The summed E-state index contributed by atoms with van der Waals surface area (Å²) in [5.74, 6) is -0.165. The number of esters is 1. The van der Waals surface area contributed by atoms with Crippen LogP contribution in [0.4, 0.5) is 0 Å². The van der Waals surface area contributed by atoms with E-state index < -0.39 is 0 Å². The average molecular weight is 302 g/mol. The molecule has 0 spiro atoms. The molecule has 2 rings (SSSR count). The molecule has 1 amide bonds. The number of methoxy groups -OCH3 is 1. The summed E-state index contributed by atoms with van der Waals surface area (Å²) in [5, 5.41) is 0. The number of benzene rings is 1. The number of ether oxygens (including phenoxy) is 1. The van der Waals surface area contributed by atoms with Crippen molar-refractivity contribution in [2.24, 2.45) is 0 Å². The quantitative estimate of drug-likeness (QED) is 0.604. The fourth-order valence-electron chi connectivity index (χ4n) is 1.96. The molecule has 6 nitrogen and oxygen atoms in total. The van der Waals surface area contributed by atoms with E-state index in [2.05, 4.69) is 9.72 Å². The molecule has 1 aromatic carbocycles. The highest BCUT2D eigenvalue weighted by Gasteiger charge is 2.11. The van der Waals surface area contributed by atoms with Gasteiger partial charge in [-0.15, -0.1) is 0 Å². The number of fused-ring (bicyclic) bond motifs is 1. The van der Waals surface area contributed by atoms with E-state index in [4.69, 9.17) is 4.42 Å². The molecule has 6 heteroatoms. The second kappa shape index (κ2) is 7.40. The Morgan fingerprint density at radius 2 is 2.14 bits per heavy atom. The standard InChI is InChI=1S/C16H18N2O4/c1-3-18(11-10-16(20)21-2)15(19)9-8-14-17-12-6-4-5-7-13(12)22-14/h4-9H,3,10-11H2,1-2H3. The van der Waals surface area contributed by atoms with Crippen LogP contribution >= 0.6 is 0 Å². The van der Waals surface area contributed by atoms with Gasteiger partial charge in [0, 0.05) is 25.2 Å². The summed E-state index contributed by atoms with van der Waals surface area (Å²) < 4.78 is 10.1. The van der Waals surface area contributed by atoms with Gasteiger partial charge in [-0.3, -0.25) is 9.59 Å². The first-order valence-electron chi connectivity index (χ1n) is 7.03. The maximum atomic E-state index is 12.1. The first kappa shape index (κ1) is 15.8. The van der Waals surface area contributed by atoms with Crippen LogP contribution in [0, 0.1) is 0 Å². The number of amides is 1. The van der Waals surface area contributed by atoms with Gasteiger partial charge in [0.1, 0.15) is 5.52 Å². The minimum atomic E-state index is -0.339. The van der Waals surface area contributed by atoms with Crippen LogP contribution in [0.15, 0.2) is 34.8 Å². The van der Waals surface area contributed by atoms with E-state index in [0.717, 1.165) is 5.52 Å². The maximum Gasteiger partial charge on any atom is 0.307 e. The van der Waals surface area contributed by atoms with Crippen LogP contribution < -0.4 is 0 Å². The number of carbonyl (C=O) groups excluding carboxylic acids is 2. The molecule has 0 unspecified atom stereocenters. The number of aromatic nitrogens is 1. The summed E-state index contributed by atoms with van der Waals surface area (Å²) in [6, 6.07) is 7.38. The van der Waals surface area contributed by atoms with Gasteiger partial charge in [0.15, 0.2) is 5.58 Å². The molecule has 0 saturated heterocycles. The highest BCUT2D eigenvalue weighted by molar-refractivity contribution is 5.91. The number of oxazole rings is 1. The summed E-state index contributed by atoms with van der Waals surface area (Å²) >= 11 is 0. The molecule has 1 heterocycles. The Labute approximate surface area is 128 Å². The van der Waals surface area contributed by atoms with Crippen LogP contribution in [0.5, 0.6) is 0 Å². The molecule has 116 valence electrons. The normalized spacial score (nSPS) is 11.0. The van der Waals surface area contributed by atoms with Gasteiger partial charge in [0.25, 0.3) is 0 Å². The van der Waals surface area contributed by atoms with Crippen molar-refractivity contribution >= 4 is 29.1 Å². The lowest BCUT2D eigenvalue weighted by Crippen LogP contribution is -2.31. The fourth-order valence-corrected chi connectivity index (χ4v) is 1.96. The van der Waals surface area contributed by atoms with E-state index >= 15 is 0 Å². The number of nitrogens with zero attached hydrogens (tertiary/aromatic N) is 2. The predicted molar refractivity (Wildman–Crippen MR) is 81.9 cm³/mol. The molecule has 0 radical (unpaired) electrons. The van der Waals surface area contributed by atoms with Gasteiger partial charge in [0.2, 0.25) is 11.8 Å². The fraction of sp³-hybridized carbons (Fsp3) is 0.312. The Hall–Kier alpha value is -2.63. The monoisotopic (exact) mass is 302 g/mol. The third-order valence-corrected chi connectivity index (χ3v) is 3.19. The third-order valence-electron chi connectivity index (χ3n) is 3.19. The zero-order valence-electron chi connectivity index (χ0n) is 12.6. The number of para-hydroxylation sites is 2. The van der Waals surface area contributed by atoms with Crippen molar-refractivity contribution < 1.29 is 18.7 Å². The zero-order chi connectivity index (χ0) is 15.9. The highest BCUT2D eigenvalue weighted by atomic mass is 16.5. The molecular formula is C16H18N2O4. The largest absolute Gasteiger partial charge is 0.469 e. The van der Waals surface area contributed by atoms with E-state index in [9.17, 15) is 9.59 Å². The molecule has 0 fully saturated rings. The minimum absolute atomic E-state index is 0.173. The first-order valence-corrected chi connectivity index (χ1v) is 7.03. The topological polar surface area (TPSA) is 72.6 Å². The average Bonchev–Trinajstić information content (AvgIpc) is 2.96. The summed E-state index contributed by atoms with van der Waals surface area (Å²) in [7, 11) is 1.33. The summed E-state index contributed by atoms with van der Waals surface area (Å²) in [4.78, 5) is 29.0. The number of hydrogen-bond acceptors (Lipinski definition) is 5. The first-order chi connectivity index (χ1) is 10.6. The van der Waals surface area contributed by atoms with Crippen LogP contribution in [-0.4, -0.2) is 42.0 Å². The van der Waals surface area contributed by atoms with Gasteiger partial charge in [-0.05, 0) is 19.1 Å². The number of carbonyl (C=O) groups is 2. The summed E-state index contributed by atoms with van der Waals surface area (Å²) in [6.07, 6.45) is 3.10. The molecule has 0 aliphatic rings. The molecule has 0 aliphatic carbocycles. The number of hydrogen-bond donors (Lipinski definition) is 0. The molecule has 22 heavy (non-hydrogen) atoms. The SMILES string of the molecule is CCN(CCC(=O)OC)C(=O)C=Cc1nc2ccccc2o1. The third kappa shape index (κ3) is 3.94. The van der Waals surface area contributed by atoms with Crippen molar-refractivity contribution in [2.45, 2.75) is 13.3 Å². The molecule has 0 bridgehead atoms. The molecule has 0 saturated carbocycles. The molecule has 2 aromatic rings. The van der Waals surface area contributed by atoms with Crippen molar-refractivity contribution in [3.05, 3.63) is 36.2 Å². The van der Waals surface area contributed by atoms with E-state index in [-0.39, 0.29) is 18.3 Å². The second-order valence-electron chi connectivity index (χ2n) is 4.60. The Kier molecular flexibility index (Phi) is 5.30. The molecule has 1 aromatic heterocycles. The number of likely N-dealkylation sites (N-methyl/N-ethyl adjacent to an activating group) is 1. The maximum absolute atomic E-state index is 12.1. The second-order valence-corrected chi connectivity index (χ2v) is 4.60. The van der Waals surface area contributed by atoms with Crippen LogP contribution in [-0.2, 0) is 14.3 Å². The Balaban J connectivity index is 2.00. The summed E-state index contributed by atoms with van der Waals surface area (Å²) in [5.41, 5.74) is 1.42. The van der Waals surface area contributed by atoms with Gasteiger partial charge < -0.3 is 14.1 Å². The molecular weight excluding hydrogens is 284 g/mol. The van der Waals surface area contributed by atoms with Crippen LogP contribution in [0.2, 0.25) is 0 Å². The van der Waals surface area contributed by atoms with Gasteiger partial charge in [0.05, 0.1) is 13.5 Å². The van der Waals surface area contributed by atoms with Crippen LogP contribution in [0.3, 0.4) is 0 Å². The van der Waals surface area contributed by atoms with Crippen LogP contribution in [0.25, 0.3) is 17.2 Å². The van der Waals surface area contributed by atoms with Crippen molar-refractivity contribution in [3.8, 4) is 0 Å². The van der Waals surface area contributed by atoms with E-state index in [1.54, 1.807) is 4.90 Å². The van der Waals surface area contributed by atoms with Crippen LogP contribution in [0.1, 0.15) is 19.2 Å². The van der Waals surface area contributed by atoms with Crippen molar-refractivity contribution in [1.29, 1.82) is 0 Å². The van der Waals surface area contributed by atoms with Gasteiger partial charge in [-0.25, -0.2) is 4.98 Å². The summed E-state index contributed by atoms with van der Waals surface area (Å²) in [6.45, 7) is 2.68. The van der Waals surface area contributed by atoms with Gasteiger partial charge in [-0.2, -0.15) is 0 Å². The van der Waals surface area contributed by atoms with Crippen molar-refractivity contribution in [3.63, 3.8) is 0 Å². The Bertz CT molecular complexity index is 657. The van der Waals surface area contributed by atoms with Crippen molar-refractivity contribution in [1.82, 2.24) is 9.88 Å². The highest BCUT2D eigenvalue weighted by Crippen LogP contribution is 2.15. The van der Waals surface area contributed by atoms with E-state index in [0.29, 0.717) is 24.6 Å². The van der Waals surface area contributed by atoms with E-state index in [1.165, 1.54) is 19.3 Å². The zero-order valence-corrected chi connectivity index (χ0v) is 12.6. The lowest BCUT2D eigenvalue weighted by molar-refractivity contribution is -0.141. The Morgan fingerprint density at radius 3 is 2.82 bits per heavy atom. The van der Waals surface area contributed by atoms with Gasteiger partial charge in [-0.1, -0.05) is 12.1 Å². The van der Waals surface area contributed by atoms with Gasteiger partial charge >= 0.3 is 5.97 Å². The number of rotatable bonds is 6. The molecule has 0 aliphatic heterocycles.